The summed E-state index contributed by atoms with van der Waals surface area (Å²) >= 11 is 1.47. The minimum Gasteiger partial charge on any atom is -0.326 e. The van der Waals surface area contributed by atoms with E-state index in [1.165, 1.54) is 23.9 Å². The first kappa shape index (κ1) is 23.0. The van der Waals surface area contributed by atoms with Gasteiger partial charge in [0.05, 0.1) is 4.92 Å². The van der Waals surface area contributed by atoms with Gasteiger partial charge in [0.2, 0.25) is 5.91 Å². The van der Waals surface area contributed by atoms with Gasteiger partial charge in [-0.05, 0) is 54.6 Å². The largest absolute Gasteiger partial charge is 0.326 e. The van der Waals surface area contributed by atoms with E-state index < -0.39 is 10.3 Å². The van der Waals surface area contributed by atoms with Gasteiger partial charge < -0.3 is 10.6 Å². The number of anilines is 2. The molecule has 3 rings (SSSR count). The molecular weight excluding hydrogens is 426 g/mol. The van der Waals surface area contributed by atoms with Gasteiger partial charge in [-0.2, -0.15) is 0 Å². The molecule has 32 heavy (non-hydrogen) atoms. The molecule has 0 aliphatic carbocycles. The molecule has 2 amide bonds. The van der Waals surface area contributed by atoms with Gasteiger partial charge in [0.25, 0.3) is 11.6 Å². The summed E-state index contributed by atoms with van der Waals surface area (Å²) in [5.41, 5.74) is 1.14. The van der Waals surface area contributed by atoms with Gasteiger partial charge in [-0.25, -0.2) is 0 Å². The summed E-state index contributed by atoms with van der Waals surface area (Å²) in [5, 5.41) is 16.4. The Balaban J connectivity index is 1.63. The fraction of sp³-hybridized carbons (Fsp3) is 0.167. The molecule has 0 spiro atoms. The lowest BCUT2D eigenvalue weighted by atomic mass is 9.95. The van der Waals surface area contributed by atoms with Crippen LogP contribution in [-0.4, -0.2) is 16.7 Å². The van der Waals surface area contributed by atoms with E-state index in [4.69, 9.17) is 0 Å². The van der Waals surface area contributed by atoms with Gasteiger partial charge in [0.15, 0.2) is 0 Å². The van der Waals surface area contributed by atoms with E-state index in [0.29, 0.717) is 16.9 Å². The Bertz CT molecular complexity index is 1140. The zero-order valence-electron chi connectivity index (χ0n) is 17.9. The van der Waals surface area contributed by atoms with Crippen molar-refractivity contribution >= 4 is 40.6 Å². The van der Waals surface area contributed by atoms with Crippen molar-refractivity contribution in [1.82, 2.24) is 0 Å². The van der Waals surface area contributed by atoms with Crippen molar-refractivity contribution in [3.05, 3.63) is 88.5 Å². The Morgan fingerprint density at radius 2 is 1.44 bits per heavy atom. The van der Waals surface area contributed by atoms with Crippen LogP contribution in [0.25, 0.3) is 0 Å². The highest BCUT2D eigenvalue weighted by atomic mass is 32.2. The van der Waals surface area contributed by atoms with Crippen molar-refractivity contribution in [2.45, 2.75) is 30.6 Å². The number of non-ortho nitro benzene ring substituents is 1. The van der Waals surface area contributed by atoms with Crippen molar-refractivity contribution < 1.29 is 14.5 Å². The van der Waals surface area contributed by atoms with E-state index in [-0.39, 0.29) is 17.5 Å². The molecule has 0 radical (unpaired) electrons. The normalized spacial score (nSPS) is 11.0. The first-order valence-electron chi connectivity index (χ1n) is 9.87. The Morgan fingerprint density at radius 3 is 2.00 bits per heavy atom. The molecule has 2 N–H and O–H groups in total. The van der Waals surface area contributed by atoms with E-state index in [1.54, 1.807) is 48.5 Å². The molecular formula is C24H23N3O4S. The van der Waals surface area contributed by atoms with Crippen LogP contribution in [0.4, 0.5) is 17.1 Å². The molecule has 0 aliphatic heterocycles. The van der Waals surface area contributed by atoms with E-state index in [0.717, 1.165) is 9.79 Å². The summed E-state index contributed by atoms with van der Waals surface area (Å²) in [4.78, 5) is 36.9. The number of nitrogens with one attached hydrogen (secondary N) is 2. The molecule has 3 aromatic carbocycles. The van der Waals surface area contributed by atoms with Crippen molar-refractivity contribution in [1.29, 1.82) is 0 Å². The number of rotatable bonds is 6. The summed E-state index contributed by atoms with van der Waals surface area (Å²) in [6.07, 6.45) is 0. The maximum absolute atomic E-state index is 12.6. The van der Waals surface area contributed by atoms with Gasteiger partial charge in [-0.15, -0.1) is 0 Å². The second-order valence-corrected chi connectivity index (χ2v) is 9.26. The number of hydrogen-bond acceptors (Lipinski definition) is 5. The second kappa shape index (κ2) is 9.65. The molecule has 164 valence electrons. The van der Waals surface area contributed by atoms with Gasteiger partial charge >= 0.3 is 0 Å². The summed E-state index contributed by atoms with van der Waals surface area (Å²) in [6.45, 7) is 5.47. The quantitative estimate of drug-likeness (QED) is 0.356. The first-order valence-corrected chi connectivity index (χ1v) is 10.7. The number of amides is 2. The third-order valence-electron chi connectivity index (χ3n) is 4.46. The maximum atomic E-state index is 12.6. The number of nitro groups is 1. The van der Waals surface area contributed by atoms with Gasteiger partial charge in [0, 0.05) is 44.3 Å². The molecule has 0 fully saturated rings. The number of nitrogens with zero attached hydrogens (tertiary/aromatic N) is 1. The lowest BCUT2D eigenvalue weighted by Gasteiger charge is -2.18. The van der Waals surface area contributed by atoms with Crippen LogP contribution in [0.3, 0.4) is 0 Å². The smallest absolute Gasteiger partial charge is 0.269 e. The maximum Gasteiger partial charge on any atom is 0.269 e. The van der Waals surface area contributed by atoms with Crippen LogP contribution in [0.1, 0.15) is 31.1 Å². The molecule has 0 atom stereocenters. The molecule has 0 aliphatic rings. The number of nitro benzene ring substituents is 1. The molecule has 0 aromatic heterocycles. The summed E-state index contributed by atoms with van der Waals surface area (Å²) in [7, 11) is 0. The SMILES string of the molecule is CC(C)(C)C(=O)Nc1cccc(C(=O)Nc2ccc(Sc3ccc([N+](=O)[O-])cc3)cc2)c1. The van der Waals surface area contributed by atoms with E-state index in [1.807, 2.05) is 32.9 Å². The van der Waals surface area contributed by atoms with Crippen LogP contribution in [0.15, 0.2) is 82.6 Å². The van der Waals surface area contributed by atoms with Crippen LogP contribution in [0.2, 0.25) is 0 Å². The van der Waals surface area contributed by atoms with Crippen LogP contribution in [-0.2, 0) is 4.79 Å². The third-order valence-corrected chi connectivity index (χ3v) is 5.47. The number of hydrogen-bond donors (Lipinski definition) is 2. The number of carbonyl (C=O) groups excluding carboxylic acids is 2. The standard InChI is InChI=1S/C24H23N3O4S/c1-24(2,3)23(29)26-18-6-4-5-16(15-18)22(28)25-17-7-11-20(12-8-17)32-21-13-9-19(10-14-21)27(30)31/h4-15H,1-3H3,(H,25,28)(H,26,29). The molecule has 7 nitrogen and oxygen atoms in total. The molecule has 0 saturated carbocycles. The Kier molecular flexibility index (Phi) is 6.95. The number of carbonyl (C=O) groups is 2. The Morgan fingerprint density at radius 1 is 0.844 bits per heavy atom. The van der Waals surface area contributed by atoms with Crippen molar-refractivity contribution in [3.8, 4) is 0 Å². The van der Waals surface area contributed by atoms with Crippen LogP contribution < -0.4 is 10.6 Å². The fourth-order valence-electron chi connectivity index (χ4n) is 2.64. The van der Waals surface area contributed by atoms with Crippen molar-refractivity contribution in [3.63, 3.8) is 0 Å². The average molecular weight is 450 g/mol. The highest BCUT2D eigenvalue weighted by Gasteiger charge is 2.21. The minimum absolute atomic E-state index is 0.0504. The predicted octanol–water partition coefficient (Wildman–Crippen LogP) is 5.98. The molecule has 0 saturated heterocycles. The van der Waals surface area contributed by atoms with Crippen molar-refractivity contribution in [2.75, 3.05) is 10.6 Å². The monoisotopic (exact) mass is 449 g/mol. The molecule has 0 heterocycles. The molecule has 3 aromatic rings. The first-order chi connectivity index (χ1) is 15.1. The third kappa shape index (κ3) is 6.18. The fourth-order valence-corrected chi connectivity index (χ4v) is 3.45. The second-order valence-electron chi connectivity index (χ2n) is 8.12. The van der Waals surface area contributed by atoms with E-state index >= 15 is 0 Å². The molecule has 8 heteroatoms. The van der Waals surface area contributed by atoms with Gasteiger partial charge in [-0.3, -0.25) is 19.7 Å². The van der Waals surface area contributed by atoms with E-state index in [2.05, 4.69) is 10.6 Å². The van der Waals surface area contributed by atoms with Gasteiger partial charge in [-0.1, -0.05) is 38.6 Å². The Labute approximate surface area is 190 Å². The predicted molar refractivity (Wildman–Crippen MR) is 126 cm³/mol. The lowest BCUT2D eigenvalue weighted by Crippen LogP contribution is -2.27. The molecule has 0 unspecified atom stereocenters. The van der Waals surface area contributed by atoms with Crippen LogP contribution >= 0.6 is 11.8 Å². The average Bonchev–Trinajstić information content (AvgIpc) is 2.75. The van der Waals surface area contributed by atoms with Crippen molar-refractivity contribution in [2.24, 2.45) is 5.41 Å². The number of benzene rings is 3. The Hall–Kier alpha value is -3.65. The molecule has 0 bridgehead atoms. The minimum atomic E-state index is -0.535. The van der Waals surface area contributed by atoms with Crippen LogP contribution in [0.5, 0.6) is 0 Å². The lowest BCUT2D eigenvalue weighted by molar-refractivity contribution is -0.384. The summed E-state index contributed by atoms with van der Waals surface area (Å²) in [5.74, 6) is -0.413. The van der Waals surface area contributed by atoms with Crippen LogP contribution in [0, 0.1) is 15.5 Å². The van der Waals surface area contributed by atoms with Gasteiger partial charge in [0.1, 0.15) is 0 Å². The summed E-state index contributed by atoms with van der Waals surface area (Å²) < 4.78 is 0. The zero-order valence-corrected chi connectivity index (χ0v) is 18.7. The zero-order chi connectivity index (χ0) is 23.3. The highest BCUT2D eigenvalue weighted by Crippen LogP contribution is 2.30. The topological polar surface area (TPSA) is 101 Å². The highest BCUT2D eigenvalue weighted by molar-refractivity contribution is 7.99. The van der Waals surface area contributed by atoms with E-state index in [9.17, 15) is 19.7 Å². The summed E-state index contributed by atoms with van der Waals surface area (Å²) in [6, 6.07) is 20.4.